The number of rotatable bonds is 4. The molecule has 1 aromatic heterocycles. The van der Waals surface area contributed by atoms with Gasteiger partial charge in [0.25, 0.3) is 0 Å². The molecule has 0 radical (unpaired) electrons. The SMILES string of the molecule is Cc1ccc(/C(=C\C=C(C#N)C#N)Sc2nc3cc(Cl)ccc3s2)cc1. The van der Waals surface area contributed by atoms with E-state index in [0.717, 1.165) is 30.6 Å². The van der Waals surface area contributed by atoms with Gasteiger partial charge in [0.1, 0.15) is 17.7 Å². The summed E-state index contributed by atoms with van der Waals surface area (Å²) in [6.45, 7) is 2.03. The number of thiazole rings is 1. The van der Waals surface area contributed by atoms with E-state index in [-0.39, 0.29) is 5.57 Å². The molecule has 6 heteroatoms. The number of hydrogen-bond acceptors (Lipinski definition) is 5. The Morgan fingerprint density at radius 2 is 1.85 bits per heavy atom. The van der Waals surface area contributed by atoms with Crippen LogP contribution in [0.5, 0.6) is 0 Å². The van der Waals surface area contributed by atoms with E-state index in [0.29, 0.717) is 5.02 Å². The lowest BCUT2D eigenvalue weighted by Gasteiger charge is -2.05. The second-order valence-corrected chi connectivity index (χ2v) is 8.15. The number of allylic oxidation sites excluding steroid dienone is 3. The highest BCUT2D eigenvalue weighted by Crippen LogP contribution is 2.39. The van der Waals surface area contributed by atoms with Crippen LogP contribution in [0.15, 0.2) is 64.5 Å². The average molecular weight is 394 g/mol. The van der Waals surface area contributed by atoms with Crippen molar-refractivity contribution in [2.24, 2.45) is 0 Å². The second-order valence-electron chi connectivity index (χ2n) is 5.39. The molecule has 26 heavy (non-hydrogen) atoms. The number of thioether (sulfide) groups is 1. The number of halogens is 1. The molecule has 0 spiro atoms. The van der Waals surface area contributed by atoms with Gasteiger partial charge in [0.05, 0.1) is 10.2 Å². The van der Waals surface area contributed by atoms with Gasteiger partial charge in [-0.25, -0.2) is 4.98 Å². The third-order valence-electron chi connectivity index (χ3n) is 3.51. The molecule has 0 aliphatic heterocycles. The van der Waals surface area contributed by atoms with E-state index in [1.165, 1.54) is 17.8 Å². The first kappa shape index (κ1) is 18.2. The van der Waals surface area contributed by atoms with Crippen molar-refractivity contribution in [2.45, 2.75) is 11.3 Å². The van der Waals surface area contributed by atoms with E-state index in [1.807, 2.05) is 61.5 Å². The minimum atomic E-state index is 0.0614. The maximum Gasteiger partial charge on any atom is 0.155 e. The highest BCUT2D eigenvalue weighted by atomic mass is 35.5. The molecule has 3 rings (SSSR count). The van der Waals surface area contributed by atoms with Crippen molar-refractivity contribution < 1.29 is 0 Å². The van der Waals surface area contributed by atoms with Crippen LogP contribution in [0.2, 0.25) is 5.02 Å². The highest BCUT2D eigenvalue weighted by Gasteiger charge is 2.10. The zero-order valence-electron chi connectivity index (χ0n) is 13.7. The summed E-state index contributed by atoms with van der Waals surface area (Å²) in [4.78, 5) is 5.54. The number of hydrogen-bond donors (Lipinski definition) is 0. The van der Waals surface area contributed by atoms with Crippen molar-refractivity contribution in [3.63, 3.8) is 0 Å². The number of nitriles is 2. The summed E-state index contributed by atoms with van der Waals surface area (Å²) in [5.41, 5.74) is 3.09. The Hall–Kier alpha value is -2.57. The molecule has 0 amide bonds. The zero-order chi connectivity index (χ0) is 18.5. The lowest BCUT2D eigenvalue weighted by molar-refractivity contribution is 1.31. The molecule has 0 unspecified atom stereocenters. The smallest absolute Gasteiger partial charge is 0.155 e. The fourth-order valence-electron chi connectivity index (χ4n) is 2.18. The highest BCUT2D eigenvalue weighted by molar-refractivity contribution is 8.09. The Labute approximate surface area is 164 Å². The molecule has 0 saturated heterocycles. The van der Waals surface area contributed by atoms with Crippen LogP contribution in [-0.2, 0) is 0 Å². The first-order chi connectivity index (χ1) is 12.6. The molecule has 0 atom stereocenters. The number of fused-ring (bicyclic) bond motifs is 1. The summed E-state index contributed by atoms with van der Waals surface area (Å²) in [6.07, 6.45) is 3.32. The third kappa shape index (κ3) is 4.33. The molecule has 2 aromatic carbocycles. The Morgan fingerprint density at radius 3 is 2.54 bits per heavy atom. The zero-order valence-corrected chi connectivity index (χ0v) is 16.1. The van der Waals surface area contributed by atoms with Crippen LogP contribution in [0.25, 0.3) is 15.1 Å². The van der Waals surface area contributed by atoms with Gasteiger partial charge in [-0.1, -0.05) is 53.2 Å². The van der Waals surface area contributed by atoms with Crippen LogP contribution in [0, 0.1) is 29.6 Å². The molecule has 1 heterocycles. The summed E-state index contributed by atoms with van der Waals surface area (Å²) in [5, 5.41) is 18.6. The number of aryl methyl sites for hydroxylation is 1. The quantitative estimate of drug-likeness (QED) is 0.293. The van der Waals surface area contributed by atoms with Gasteiger partial charge in [-0.05, 0) is 42.8 Å². The van der Waals surface area contributed by atoms with Gasteiger partial charge in [-0.3, -0.25) is 0 Å². The average Bonchev–Trinajstić information content (AvgIpc) is 3.03. The van der Waals surface area contributed by atoms with Crippen molar-refractivity contribution in [2.75, 3.05) is 0 Å². The van der Waals surface area contributed by atoms with Gasteiger partial charge in [-0.2, -0.15) is 10.5 Å². The molecule has 3 aromatic rings. The Morgan fingerprint density at radius 1 is 1.12 bits per heavy atom. The lowest BCUT2D eigenvalue weighted by atomic mass is 10.1. The Kier molecular flexibility index (Phi) is 5.75. The molecule has 0 aliphatic rings. The van der Waals surface area contributed by atoms with Crippen molar-refractivity contribution in [1.29, 1.82) is 10.5 Å². The van der Waals surface area contributed by atoms with E-state index in [4.69, 9.17) is 22.1 Å². The van der Waals surface area contributed by atoms with E-state index in [9.17, 15) is 0 Å². The Balaban J connectivity index is 2.00. The number of benzene rings is 2. The summed E-state index contributed by atoms with van der Waals surface area (Å²) in [7, 11) is 0. The molecule has 0 aliphatic carbocycles. The maximum absolute atomic E-state index is 8.96. The molecular weight excluding hydrogens is 382 g/mol. The van der Waals surface area contributed by atoms with Crippen LogP contribution in [0.1, 0.15) is 11.1 Å². The molecule has 126 valence electrons. The van der Waals surface area contributed by atoms with Gasteiger partial charge < -0.3 is 0 Å². The minimum absolute atomic E-state index is 0.0614. The fraction of sp³-hybridized carbons (Fsp3) is 0.0500. The minimum Gasteiger partial charge on any atom is -0.229 e. The monoisotopic (exact) mass is 393 g/mol. The summed E-state index contributed by atoms with van der Waals surface area (Å²) >= 11 is 9.12. The summed E-state index contributed by atoms with van der Waals surface area (Å²) in [5.74, 6) is 0. The number of nitrogens with zero attached hydrogens (tertiary/aromatic N) is 3. The van der Waals surface area contributed by atoms with Gasteiger partial charge in [0, 0.05) is 9.93 Å². The molecule has 0 N–H and O–H groups in total. The Bertz CT molecular complexity index is 1080. The van der Waals surface area contributed by atoms with E-state index in [2.05, 4.69) is 4.98 Å². The lowest BCUT2D eigenvalue weighted by Crippen LogP contribution is -1.82. The van der Waals surface area contributed by atoms with Crippen molar-refractivity contribution in [1.82, 2.24) is 4.98 Å². The van der Waals surface area contributed by atoms with Crippen LogP contribution >= 0.6 is 34.7 Å². The molecular formula is C20H12ClN3S2. The van der Waals surface area contributed by atoms with Crippen molar-refractivity contribution in [3.05, 3.63) is 76.3 Å². The normalized spacial score (nSPS) is 11.0. The van der Waals surface area contributed by atoms with E-state index in [1.54, 1.807) is 17.4 Å². The summed E-state index contributed by atoms with van der Waals surface area (Å²) in [6, 6.07) is 17.5. The third-order valence-corrected chi connectivity index (χ3v) is 5.93. The molecule has 0 fully saturated rings. The molecule has 0 bridgehead atoms. The first-order valence-electron chi connectivity index (χ1n) is 7.62. The van der Waals surface area contributed by atoms with Crippen molar-refractivity contribution >= 4 is 49.8 Å². The first-order valence-corrected chi connectivity index (χ1v) is 9.63. The fourth-order valence-corrected chi connectivity index (χ4v) is 4.45. The van der Waals surface area contributed by atoms with Gasteiger partial charge >= 0.3 is 0 Å². The van der Waals surface area contributed by atoms with Gasteiger partial charge in [0.2, 0.25) is 0 Å². The topological polar surface area (TPSA) is 60.5 Å². The van der Waals surface area contributed by atoms with Crippen LogP contribution in [0.3, 0.4) is 0 Å². The van der Waals surface area contributed by atoms with Crippen LogP contribution < -0.4 is 0 Å². The molecule has 3 nitrogen and oxygen atoms in total. The van der Waals surface area contributed by atoms with E-state index >= 15 is 0 Å². The second kappa shape index (κ2) is 8.21. The standard InChI is InChI=1S/C20H12ClN3S2/c1-13-2-5-15(6-3-13)18(8-4-14(11-22)12-23)25-20-24-17-10-16(21)7-9-19(17)26-20/h2-10H,1H3/b18-8+. The van der Waals surface area contributed by atoms with Crippen LogP contribution in [-0.4, -0.2) is 4.98 Å². The van der Waals surface area contributed by atoms with Gasteiger partial charge in [-0.15, -0.1) is 11.3 Å². The molecule has 0 saturated carbocycles. The van der Waals surface area contributed by atoms with Gasteiger partial charge in [0.15, 0.2) is 4.34 Å². The number of aromatic nitrogens is 1. The van der Waals surface area contributed by atoms with Crippen molar-refractivity contribution in [3.8, 4) is 12.1 Å². The predicted octanol–water partition coefficient (Wildman–Crippen LogP) is 6.36. The van der Waals surface area contributed by atoms with E-state index < -0.39 is 0 Å². The largest absolute Gasteiger partial charge is 0.229 e. The maximum atomic E-state index is 8.96. The summed E-state index contributed by atoms with van der Waals surface area (Å²) < 4.78 is 1.93. The predicted molar refractivity (Wildman–Crippen MR) is 109 cm³/mol. The van der Waals surface area contributed by atoms with Crippen LogP contribution in [0.4, 0.5) is 0 Å².